The van der Waals surface area contributed by atoms with Crippen LogP contribution in [0.25, 0.3) is 22.2 Å². The van der Waals surface area contributed by atoms with Crippen molar-refractivity contribution >= 4 is 22.6 Å². The van der Waals surface area contributed by atoms with Gasteiger partial charge in [0.15, 0.2) is 23.1 Å². The molecular formula is C31H25F3N4O5. The van der Waals surface area contributed by atoms with Gasteiger partial charge in [-0.1, -0.05) is 12.1 Å². The molecule has 0 saturated carbocycles. The number of carbonyl (C=O) groups excluding carboxylic acids is 1. The number of ether oxygens (including phenoxy) is 3. The summed E-state index contributed by atoms with van der Waals surface area (Å²) < 4.78 is 59.7. The maximum absolute atomic E-state index is 15.2. The Balaban J connectivity index is 1.45. The number of pyridine rings is 3. The van der Waals surface area contributed by atoms with Crippen LogP contribution < -0.4 is 25.0 Å². The molecule has 2 aromatic carbocycles. The van der Waals surface area contributed by atoms with Crippen molar-refractivity contribution in [3.05, 3.63) is 100 Å². The van der Waals surface area contributed by atoms with Gasteiger partial charge in [-0.25, -0.2) is 18.2 Å². The molecule has 0 unspecified atom stereocenters. The first-order valence-electron chi connectivity index (χ1n) is 13.0. The molecular weight excluding hydrogens is 565 g/mol. The topological polar surface area (TPSA) is 105 Å². The zero-order valence-corrected chi connectivity index (χ0v) is 23.3. The summed E-state index contributed by atoms with van der Waals surface area (Å²) in [6, 6.07) is 12.0. The number of methoxy groups -OCH3 is 2. The van der Waals surface area contributed by atoms with Gasteiger partial charge in [0, 0.05) is 47.5 Å². The van der Waals surface area contributed by atoms with E-state index in [0.717, 1.165) is 6.07 Å². The van der Waals surface area contributed by atoms with Crippen LogP contribution in [0.3, 0.4) is 0 Å². The number of anilines is 1. The maximum atomic E-state index is 15.2. The number of aromatic nitrogens is 3. The highest BCUT2D eigenvalue weighted by molar-refractivity contribution is 6.05. The number of halogens is 3. The van der Waals surface area contributed by atoms with E-state index in [4.69, 9.17) is 14.2 Å². The van der Waals surface area contributed by atoms with E-state index < -0.39 is 29.6 Å². The first-order chi connectivity index (χ1) is 20.7. The molecule has 0 aliphatic carbocycles. The normalized spacial score (nSPS) is 10.9. The monoisotopic (exact) mass is 590 g/mol. The number of carbonyl (C=O) groups is 1. The quantitative estimate of drug-likeness (QED) is 0.222. The molecule has 43 heavy (non-hydrogen) atoms. The van der Waals surface area contributed by atoms with Gasteiger partial charge in [0.25, 0.3) is 11.8 Å². The smallest absolute Gasteiger partial charge is 0.261 e. The Morgan fingerprint density at radius 2 is 1.74 bits per heavy atom. The van der Waals surface area contributed by atoms with Crippen LogP contribution in [0, 0.1) is 18.6 Å². The molecule has 5 rings (SSSR count). The highest BCUT2D eigenvalue weighted by Gasteiger charge is 2.21. The Morgan fingerprint density at radius 3 is 2.42 bits per heavy atom. The van der Waals surface area contributed by atoms with Crippen molar-refractivity contribution in [2.75, 3.05) is 26.2 Å². The van der Waals surface area contributed by atoms with Gasteiger partial charge in [0.2, 0.25) is 5.43 Å². The SMILES string of the molecule is COc1cc2nccc(Oc3ccc(NC(=O)c4c(C)n(CCF)cc(-c5ccc(F)cc5)c4=O)cc3F)c2nc1OC. The first-order valence-corrected chi connectivity index (χ1v) is 13.0. The van der Waals surface area contributed by atoms with Crippen molar-refractivity contribution < 1.29 is 32.2 Å². The van der Waals surface area contributed by atoms with Gasteiger partial charge in [-0.05, 0) is 36.8 Å². The number of rotatable bonds is 9. The molecule has 3 aromatic heterocycles. The molecule has 0 fully saturated rings. The van der Waals surface area contributed by atoms with Gasteiger partial charge in [0.1, 0.15) is 23.6 Å². The lowest BCUT2D eigenvalue weighted by Gasteiger charge is -2.16. The predicted octanol–water partition coefficient (Wildman–Crippen LogP) is 6.08. The van der Waals surface area contributed by atoms with Crippen LogP contribution >= 0.6 is 0 Å². The molecule has 1 N–H and O–H groups in total. The number of fused-ring (bicyclic) bond motifs is 1. The molecule has 0 saturated heterocycles. The fourth-order valence-electron chi connectivity index (χ4n) is 4.54. The van der Waals surface area contributed by atoms with Gasteiger partial charge < -0.3 is 24.1 Å². The van der Waals surface area contributed by atoms with E-state index in [1.54, 1.807) is 6.07 Å². The van der Waals surface area contributed by atoms with Gasteiger partial charge >= 0.3 is 0 Å². The Morgan fingerprint density at radius 1 is 0.977 bits per heavy atom. The molecule has 9 nitrogen and oxygen atoms in total. The van der Waals surface area contributed by atoms with Crippen LogP contribution in [0.2, 0.25) is 0 Å². The van der Waals surface area contributed by atoms with Crippen LogP contribution in [-0.2, 0) is 6.54 Å². The second-order valence-corrected chi connectivity index (χ2v) is 9.30. The summed E-state index contributed by atoms with van der Waals surface area (Å²) in [6.45, 7) is 0.650. The van der Waals surface area contributed by atoms with Crippen LogP contribution in [0.1, 0.15) is 16.1 Å². The highest BCUT2D eigenvalue weighted by atomic mass is 19.1. The molecule has 0 atom stereocenters. The van der Waals surface area contributed by atoms with Crippen molar-refractivity contribution in [3.63, 3.8) is 0 Å². The zero-order chi connectivity index (χ0) is 30.7. The third-order valence-corrected chi connectivity index (χ3v) is 6.69. The Kier molecular flexibility index (Phi) is 8.28. The van der Waals surface area contributed by atoms with Crippen LogP contribution in [0.15, 0.2) is 71.8 Å². The van der Waals surface area contributed by atoms with Crippen molar-refractivity contribution in [2.45, 2.75) is 13.5 Å². The third-order valence-electron chi connectivity index (χ3n) is 6.69. The summed E-state index contributed by atoms with van der Waals surface area (Å²) in [5.74, 6) is -1.55. The highest BCUT2D eigenvalue weighted by Crippen LogP contribution is 2.35. The number of alkyl halides is 1. The lowest BCUT2D eigenvalue weighted by atomic mass is 10.0. The first kappa shape index (κ1) is 29.1. The van der Waals surface area contributed by atoms with E-state index in [0.29, 0.717) is 22.3 Å². The van der Waals surface area contributed by atoms with E-state index in [9.17, 15) is 18.4 Å². The number of hydrogen-bond acceptors (Lipinski definition) is 7. The molecule has 220 valence electrons. The lowest BCUT2D eigenvalue weighted by Crippen LogP contribution is -2.27. The van der Waals surface area contributed by atoms with Crippen LogP contribution in [-0.4, -0.2) is 41.3 Å². The molecule has 0 aliphatic heterocycles. The van der Waals surface area contributed by atoms with Crippen molar-refractivity contribution in [1.29, 1.82) is 0 Å². The standard InChI is InChI=1S/C31H25F3N4O5/c1-17-27(29(39)21(16-38(17)13-11-32)18-4-6-19(33)7-5-18)30(40)36-20-8-9-24(22(34)14-20)43-25-10-12-35-23-15-26(41-2)31(42-3)37-28(23)25/h4-10,12,14-16H,11,13H2,1-3H3,(H,36,40). The van der Waals surface area contributed by atoms with E-state index in [1.807, 2.05) is 0 Å². The molecule has 0 aliphatic rings. The summed E-state index contributed by atoms with van der Waals surface area (Å²) in [5.41, 5.74) is 0.545. The van der Waals surface area contributed by atoms with E-state index >= 15 is 4.39 Å². The Hall–Kier alpha value is -5.39. The number of hydrogen-bond donors (Lipinski definition) is 1. The van der Waals surface area contributed by atoms with Gasteiger partial charge in [0.05, 0.1) is 26.3 Å². The van der Waals surface area contributed by atoms with Crippen LogP contribution in [0.4, 0.5) is 18.9 Å². The third kappa shape index (κ3) is 5.85. The number of amides is 1. The summed E-state index contributed by atoms with van der Waals surface area (Å²) in [5, 5.41) is 2.53. The summed E-state index contributed by atoms with van der Waals surface area (Å²) >= 11 is 0. The fourth-order valence-corrected chi connectivity index (χ4v) is 4.54. The fraction of sp³-hybridized carbons (Fsp3) is 0.161. The molecule has 5 aromatic rings. The average molecular weight is 591 g/mol. The molecule has 0 spiro atoms. The predicted molar refractivity (Wildman–Crippen MR) is 154 cm³/mol. The summed E-state index contributed by atoms with van der Waals surface area (Å²) in [4.78, 5) is 35.3. The minimum Gasteiger partial charge on any atom is -0.491 e. The zero-order valence-electron chi connectivity index (χ0n) is 23.3. The molecule has 0 radical (unpaired) electrons. The minimum atomic E-state index is -0.822. The second-order valence-electron chi connectivity index (χ2n) is 9.30. The number of nitrogens with one attached hydrogen (secondary N) is 1. The average Bonchev–Trinajstić information content (AvgIpc) is 3.00. The summed E-state index contributed by atoms with van der Waals surface area (Å²) in [6.07, 6.45) is 2.90. The van der Waals surface area contributed by atoms with Crippen LogP contribution in [0.5, 0.6) is 23.1 Å². The Bertz CT molecular complexity index is 1890. The van der Waals surface area contributed by atoms with Crippen molar-refractivity contribution in [3.8, 4) is 34.3 Å². The van der Waals surface area contributed by atoms with E-state index in [2.05, 4.69) is 15.3 Å². The van der Waals surface area contributed by atoms with Crippen molar-refractivity contribution in [2.24, 2.45) is 0 Å². The van der Waals surface area contributed by atoms with Gasteiger partial charge in [-0.3, -0.25) is 14.6 Å². The number of nitrogens with zero attached hydrogens (tertiary/aromatic N) is 3. The number of aryl methyl sites for hydroxylation is 1. The van der Waals surface area contributed by atoms with E-state index in [-0.39, 0.29) is 46.4 Å². The molecule has 3 heterocycles. The second kappa shape index (κ2) is 12.2. The van der Waals surface area contributed by atoms with Crippen molar-refractivity contribution in [1.82, 2.24) is 14.5 Å². The van der Waals surface area contributed by atoms with Gasteiger partial charge in [-0.2, -0.15) is 0 Å². The lowest BCUT2D eigenvalue weighted by molar-refractivity contribution is 0.102. The largest absolute Gasteiger partial charge is 0.491 e. The minimum absolute atomic E-state index is 0.0435. The Labute approximate surface area is 243 Å². The van der Waals surface area contributed by atoms with E-state index in [1.165, 1.54) is 80.6 Å². The molecule has 1 amide bonds. The molecule has 12 heteroatoms. The summed E-state index contributed by atoms with van der Waals surface area (Å²) in [7, 11) is 2.89. The maximum Gasteiger partial charge on any atom is 0.261 e. The number of benzene rings is 2. The molecule has 0 bridgehead atoms. The van der Waals surface area contributed by atoms with Gasteiger partial charge in [-0.15, -0.1) is 0 Å².